The Bertz CT molecular complexity index is 1450. The molecule has 0 aliphatic carbocycles. The molecule has 0 N–H and O–H groups in total. The van der Waals surface area contributed by atoms with E-state index in [0.717, 1.165) is 10.9 Å². The normalized spacial score (nSPS) is 16.9. The zero-order chi connectivity index (χ0) is 29.3. The summed E-state index contributed by atoms with van der Waals surface area (Å²) in [5, 5.41) is 5.79. The monoisotopic (exact) mass is 563 g/mol. The molecule has 1 aromatic heterocycles. The zero-order valence-corrected chi connectivity index (χ0v) is 24.3. The van der Waals surface area contributed by atoms with Gasteiger partial charge in [0, 0.05) is 43.1 Å². The van der Waals surface area contributed by atoms with Gasteiger partial charge in [-0.2, -0.15) is 5.10 Å². The molecule has 2 saturated heterocycles. The molecule has 5 rings (SSSR count). The molecule has 0 bridgehead atoms. The van der Waals surface area contributed by atoms with Crippen molar-refractivity contribution in [1.29, 1.82) is 0 Å². The van der Waals surface area contributed by atoms with Gasteiger partial charge in [-0.05, 0) is 57.9 Å². The molecule has 0 radical (unpaired) electrons. The second kappa shape index (κ2) is 11.3. The van der Waals surface area contributed by atoms with E-state index in [1.165, 1.54) is 4.90 Å². The third-order valence-corrected chi connectivity index (χ3v) is 7.45. The summed E-state index contributed by atoms with van der Waals surface area (Å²) in [5.41, 5.74) is 1.06. The van der Waals surface area contributed by atoms with Crippen molar-refractivity contribution < 1.29 is 28.6 Å². The minimum atomic E-state index is -0.546. The van der Waals surface area contributed by atoms with Crippen LogP contribution in [0.2, 0.25) is 0 Å². The molecule has 2 aliphatic heterocycles. The van der Waals surface area contributed by atoms with Crippen LogP contribution in [0, 0.1) is 0 Å². The predicted octanol–water partition coefficient (Wildman–Crippen LogP) is 4.98. The Kier molecular flexibility index (Phi) is 7.79. The molecular formula is C30H37N5O6. The number of benzene rings is 2. The molecule has 0 atom stereocenters. The third kappa shape index (κ3) is 5.79. The second-order valence-electron chi connectivity index (χ2n) is 11.3. The van der Waals surface area contributed by atoms with Crippen molar-refractivity contribution >= 4 is 34.8 Å². The minimum absolute atomic E-state index is 0.0496. The van der Waals surface area contributed by atoms with Crippen molar-refractivity contribution in [3.05, 3.63) is 48.0 Å². The molecule has 41 heavy (non-hydrogen) atoms. The molecule has 3 heterocycles. The lowest BCUT2D eigenvalue weighted by molar-refractivity contribution is -0.129. The van der Waals surface area contributed by atoms with Crippen LogP contribution in [-0.2, 0) is 16.1 Å². The number of anilines is 1. The number of nitrogens with zero attached hydrogens (tertiary/aromatic N) is 5. The summed E-state index contributed by atoms with van der Waals surface area (Å²) in [7, 11) is 3.11. The number of ether oxygens (including phenoxy) is 3. The molecule has 2 aromatic carbocycles. The summed E-state index contributed by atoms with van der Waals surface area (Å²) in [4.78, 5) is 43.9. The molecule has 4 amide bonds. The van der Waals surface area contributed by atoms with Crippen molar-refractivity contribution in [2.24, 2.45) is 0 Å². The molecule has 0 spiro atoms. The standard InChI is InChI=1S/C30H37N5O6/c1-30(2,3)41-29(38)32-15-12-21(13-16-32)35-24-9-7-6-8-23(24)27(31-35)33-17-14-26(36)34(28(33)37)19-20-10-11-22(39-4)18-25(20)40-5/h6-11,18,21H,12-17,19H2,1-5H3. The van der Waals surface area contributed by atoms with E-state index in [1.54, 1.807) is 42.2 Å². The van der Waals surface area contributed by atoms with E-state index in [-0.39, 0.29) is 37.6 Å². The number of hydrogen-bond donors (Lipinski definition) is 0. The number of amides is 4. The smallest absolute Gasteiger partial charge is 0.410 e. The van der Waals surface area contributed by atoms with Gasteiger partial charge in [-0.25, -0.2) is 9.59 Å². The Balaban J connectivity index is 1.38. The number of para-hydroxylation sites is 1. The van der Waals surface area contributed by atoms with Crippen LogP contribution in [0.25, 0.3) is 10.9 Å². The summed E-state index contributed by atoms with van der Waals surface area (Å²) in [6.07, 6.45) is 1.29. The molecule has 3 aromatic rings. The molecule has 2 fully saturated rings. The number of urea groups is 1. The van der Waals surface area contributed by atoms with Gasteiger partial charge >= 0.3 is 12.1 Å². The summed E-state index contributed by atoms with van der Waals surface area (Å²) in [5.74, 6) is 1.44. The van der Waals surface area contributed by atoms with E-state index >= 15 is 0 Å². The van der Waals surface area contributed by atoms with Gasteiger partial charge in [0.2, 0.25) is 5.91 Å². The van der Waals surface area contributed by atoms with Gasteiger partial charge in [0.05, 0.1) is 32.3 Å². The first-order valence-corrected chi connectivity index (χ1v) is 13.9. The van der Waals surface area contributed by atoms with Crippen LogP contribution in [0.4, 0.5) is 15.4 Å². The highest BCUT2D eigenvalue weighted by atomic mass is 16.6. The minimum Gasteiger partial charge on any atom is -0.497 e. The van der Waals surface area contributed by atoms with E-state index in [1.807, 2.05) is 49.7 Å². The van der Waals surface area contributed by atoms with Crippen LogP contribution in [0.1, 0.15) is 51.6 Å². The van der Waals surface area contributed by atoms with Gasteiger partial charge in [-0.1, -0.05) is 12.1 Å². The van der Waals surface area contributed by atoms with Gasteiger partial charge in [-0.3, -0.25) is 19.3 Å². The Hall–Kier alpha value is -4.28. The highest BCUT2D eigenvalue weighted by molar-refractivity contribution is 6.08. The van der Waals surface area contributed by atoms with Crippen LogP contribution < -0.4 is 14.4 Å². The number of fused-ring (bicyclic) bond motifs is 1. The fourth-order valence-corrected chi connectivity index (χ4v) is 5.37. The molecule has 0 saturated carbocycles. The number of likely N-dealkylation sites (tertiary alicyclic amines) is 1. The molecule has 11 heteroatoms. The van der Waals surface area contributed by atoms with Crippen molar-refractivity contribution in [2.45, 2.75) is 58.2 Å². The highest BCUT2D eigenvalue weighted by Crippen LogP contribution is 2.34. The first-order chi connectivity index (χ1) is 19.6. The van der Waals surface area contributed by atoms with Crippen LogP contribution in [-0.4, -0.2) is 77.1 Å². The number of piperidine rings is 1. The van der Waals surface area contributed by atoms with Gasteiger partial charge in [0.1, 0.15) is 17.1 Å². The molecule has 2 aliphatic rings. The fraction of sp³-hybridized carbons (Fsp3) is 0.467. The maximum absolute atomic E-state index is 13.8. The van der Waals surface area contributed by atoms with E-state index < -0.39 is 11.6 Å². The summed E-state index contributed by atoms with van der Waals surface area (Å²) in [6, 6.07) is 12.7. The number of methoxy groups -OCH3 is 2. The van der Waals surface area contributed by atoms with E-state index in [4.69, 9.17) is 19.3 Å². The van der Waals surface area contributed by atoms with Crippen molar-refractivity contribution in [1.82, 2.24) is 19.6 Å². The summed E-state index contributed by atoms with van der Waals surface area (Å²) < 4.78 is 18.3. The lowest BCUT2D eigenvalue weighted by Crippen LogP contribution is -2.52. The van der Waals surface area contributed by atoms with Crippen molar-refractivity contribution in [3.8, 4) is 11.5 Å². The third-order valence-electron chi connectivity index (χ3n) is 7.45. The number of imide groups is 1. The highest BCUT2D eigenvalue weighted by Gasteiger charge is 2.36. The van der Waals surface area contributed by atoms with Gasteiger partial charge < -0.3 is 19.1 Å². The van der Waals surface area contributed by atoms with Crippen LogP contribution >= 0.6 is 0 Å². The maximum Gasteiger partial charge on any atom is 0.410 e. The lowest BCUT2D eigenvalue weighted by Gasteiger charge is -2.34. The average molecular weight is 564 g/mol. The SMILES string of the molecule is COc1ccc(CN2C(=O)CCN(c3nn(C4CCN(C(=O)OC(C)(C)C)CC4)c4ccccc34)C2=O)c(OC)c1. The van der Waals surface area contributed by atoms with Crippen LogP contribution in [0.3, 0.4) is 0 Å². The van der Waals surface area contributed by atoms with Crippen LogP contribution in [0.15, 0.2) is 42.5 Å². The Labute approximate surface area is 239 Å². The van der Waals surface area contributed by atoms with Gasteiger partial charge in [-0.15, -0.1) is 0 Å². The quantitative estimate of drug-likeness (QED) is 0.416. The molecular weight excluding hydrogens is 526 g/mol. The number of aromatic nitrogens is 2. The zero-order valence-electron chi connectivity index (χ0n) is 24.3. The largest absolute Gasteiger partial charge is 0.497 e. The summed E-state index contributed by atoms with van der Waals surface area (Å²) in [6.45, 7) is 7.00. The van der Waals surface area contributed by atoms with E-state index in [0.29, 0.717) is 48.8 Å². The topological polar surface area (TPSA) is 106 Å². The predicted molar refractivity (Wildman–Crippen MR) is 153 cm³/mol. The average Bonchev–Trinajstić information content (AvgIpc) is 3.34. The molecule has 218 valence electrons. The van der Waals surface area contributed by atoms with E-state index in [2.05, 4.69) is 0 Å². The number of rotatable bonds is 6. The maximum atomic E-state index is 13.8. The molecule has 0 unspecified atom stereocenters. The lowest BCUT2D eigenvalue weighted by atomic mass is 10.1. The number of hydrogen-bond acceptors (Lipinski definition) is 7. The second-order valence-corrected chi connectivity index (χ2v) is 11.3. The van der Waals surface area contributed by atoms with Crippen molar-refractivity contribution in [3.63, 3.8) is 0 Å². The summed E-state index contributed by atoms with van der Waals surface area (Å²) >= 11 is 0. The number of carbonyl (C=O) groups is 3. The molecule has 11 nitrogen and oxygen atoms in total. The van der Waals surface area contributed by atoms with Gasteiger partial charge in [0.25, 0.3) is 0 Å². The van der Waals surface area contributed by atoms with Crippen molar-refractivity contribution in [2.75, 3.05) is 38.8 Å². The fourth-order valence-electron chi connectivity index (χ4n) is 5.37. The van der Waals surface area contributed by atoms with Gasteiger partial charge in [0.15, 0.2) is 5.82 Å². The number of carbonyl (C=O) groups excluding carboxylic acids is 3. The first kappa shape index (κ1) is 28.3. The Morgan fingerprint density at radius 1 is 1.00 bits per heavy atom. The Morgan fingerprint density at radius 2 is 1.73 bits per heavy atom. The first-order valence-electron chi connectivity index (χ1n) is 13.9. The Morgan fingerprint density at radius 3 is 2.41 bits per heavy atom. The van der Waals surface area contributed by atoms with Crippen LogP contribution in [0.5, 0.6) is 11.5 Å². The van der Waals surface area contributed by atoms with E-state index in [9.17, 15) is 14.4 Å².